The van der Waals surface area contributed by atoms with Crippen LogP contribution >= 0.6 is 0 Å². The molecule has 1 aliphatic rings. The first kappa shape index (κ1) is 23.5. The summed E-state index contributed by atoms with van der Waals surface area (Å²) >= 11 is 0. The summed E-state index contributed by atoms with van der Waals surface area (Å²) in [6, 6.07) is 7.42. The smallest absolute Gasteiger partial charge is 0.224 e. The molecule has 7 heteroatoms. The van der Waals surface area contributed by atoms with Gasteiger partial charge in [0.2, 0.25) is 5.91 Å². The molecule has 4 nitrogen and oxygen atoms in total. The normalized spacial score (nSPS) is 17.0. The number of aryl methyl sites for hydroxylation is 1. The maximum Gasteiger partial charge on any atom is 0.224 e. The number of carbonyl (C=O) groups is 2. The van der Waals surface area contributed by atoms with Crippen LogP contribution in [0, 0.1) is 24.4 Å². The lowest BCUT2D eigenvalue weighted by Gasteiger charge is -2.30. The zero-order chi connectivity index (χ0) is 23.4. The van der Waals surface area contributed by atoms with Gasteiger partial charge in [-0.2, -0.15) is 0 Å². The molecule has 2 aromatic rings. The van der Waals surface area contributed by atoms with Crippen molar-refractivity contribution >= 4 is 23.8 Å². The molecule has 0 atom stereocenters. The fraction of sp³-hybridized carbons (Fsp3) is 0.280. The third-order valence-electron chi connectivity index (χ3n) is 5.06. The molecular weight excluding hydrogens is 417 g/mol. The Kier molecular flexibility index (Phi) is 7.30. The standard InChI is InChI=1S/C25H25F3N2O2/c1-16-6-17(10-21(26)7-16)8-19-14-30(24(31)4-5-29(2)3)15-20(25(19)32)9-18-11-22(27)13-23(28)12-18/h6-13H,4-5,14-15H2,1-3H3/b19-8+,20-9+. The summed E-state index contributed by atoms with van der Waals surface area (Å²) in [6.45, 7) is 2.40. The number of hydrogen-bond donors (Lipinski definition) is 0. The van der Waals surface area contributed by atoms with Crippen LogP contribution in [-0.2, 0) is 9.59 Å². The number of amides is 1. The second-order valence-electron chi connectivity index (χ2n) is 8.24. The van der Waals surface area contributed by atoms with E-state index in [1.807, 2.05) is 19.0 Å². The van der Waals surface area contributed by atoms with Crippen LogP contribution in [0.3, 0.4) is 0 Å². The molecule has 1 amide bonds. The molecule has 0 aliphatic carbocycles. The van der Waals surface area contributed by atoms with Crippen molar-refractivity contribution in [1.82, 2.24) is 9.80 Å². The van der Waals surface area contributed by atoms with Crippen molar-refractivity contribution < 1.29 is 22.8 Å². The van der Waals surface area contributed by atoms with Crippen LogP contribution < -0.4 is 0 Å². The van der Waals surface area contributed by atoms with Crippen molar-refractivity contribution in [3.63, 3.8) is 0 Å². The molecular formula is C25H25F3N2O2. The first-order valence-electron chi connectivity index (χ1n) is 10.2. The number of piperidine rings is 1. The van der Waals surface area contributed by atoms with Crippen LogP contribution in [0.1, 0.15) is 23.1 Å². The Bertz CT molecular complexity index is 992. The highest BCUT2D eigenvalue weighted by Crippen LogP contribution is 2.24. The topological polar surface area (TPSA) is 40.6 Å². The summed E-state index contributed by atoms with van der Waals surface area (Å²) in [6.07, 6.45) is 3.21. The van der Waals surface area contributed by atoms with Crippen molar-refractivity contribution in [2.24, 2.45) is 0 Å². The van der Waals surface area contributed by atoms with E-state index in [0.717, 1.165) is 18.2 Å². The summed E-state index contributed by atoms with van der Waals surface area (Å²) in [7, 11) is 3.71. The maximum absolute atomic E-state index is 13.8. The zero-order valence-corrected chi connectivity index (χ0v) is 18.3. The largest absolute Gasteiger partial charge is 0.334 e. The monoisotopic (exact) mass is 442 g/mol. The third-order valence-corrected chi connectivity index (χ3v) is 5.06. The summed E-state index contributed by atoms with van der Waals surface area (Å²) in [5.41, 5.74) is 1.94. The van der Waals surface area contributed by atoms with E-state index in [2.05, 4.69) is 0 Å². The molecule has 1 heterocycles. The van der Waals surface area contributed by atoms with Gasteiger partial charge in [-0.1, -0.05) is 6.07 Å². The number of benzene rings is 2. The predicted octanol–water partition coefficient (Wildman–Crippen LogP) is 4.24. The highest BCUT2D eigenvalue weighted by Gasteiger charge is 2.29. The minimum atomic E-state index is -0.759. The van der Waals surface area contributed by atoms with E-state index in [9.17, 15) is 22.8 Å². The minimum Gasteiger partial charge on any atom is -0.334 e. The Morgan fingerprint density at radius 2 is 1.41 bits per heavy atom. The summed E-state index contributed by atoms with van der Waals surface area (Å²) in [5, 5.41) is 0. The Balaban J connectivity index is 2.00. The van der Waals surface area contributed by atoms with E-state index in [4.69, 9.17) is 0 Å². The Labute approximate surface area is 185 Å². The number of likely N-dealkylation sites (tertiary alicyclic amines) is 1. The zero-order valence-electron chi connectivity index (χ0n) is 18.3. The fourth-order valence-electron chi connectivity index (χ4n) is 3.60. The maximum atomic E-state index is 13.8. The van der Waals surface area contributed by atoms with Gasteiger partial charge in [0.25, 0.3) is 0 Å². The van der Waals surface area contributed by atoms with Gasteiger partial charge in [-0.25, -0.2) is 13.2 Å². The molecule has 168 valence electrons. The van der Waals surface area contributed by atoms with Gasteiger partial charge in [0, 0.05) is 43.3 Å². The van der Waals surface area contributed by atoms with Crippen LogP contribution in [0.5, 0.6) is 0 Å². The van der Waals surface area contributed by atoms with E-state index >= 15 is 0 Å². The van der Waals surface area contributed by atoms with Crippen molar-refractivity contribution in [3.8, 4) is 0 Å². The molecule has 1 fully saturated rings. The van der Waals surface area contributed by atoms with E-state index in [0.29, 0.717) is 23.2 Å². The van der Waals surface area contributed by atoms with Crippen molar-refractivity contribution in [2.45, 2.75) is 13.3 Å². The second kappa shape index (κ2) is 9.96. The van der Waals surface area contributed by atoms with Gasteiger partial charge in [-0.3, -0.25) is 9.59 Å². The molecule has 0 unspecified atom stereocenters. The molecule has 0 N–H and O–H groups in total. The number of carbonyl (C=O) groups excluding carboxylic acids is 2. The summed E-state index contributed by atoms with van der Waals surface area (Å²) < 4.78 is 41.1. The number of Topliss-reactive ketones (excluding diaryl/α,β-unsaturated/α-hetero) is 1. The molecule has 2 aromatic carbocycles. The van der Waals surface area contributed by atoms with Crippen LogP contribution in [0.2, 0.25) is 0 Å². The highest BCUT2D eigenvalue weighted by molar-refractivity contribution is 6.15. The number of hydrogen-bond acceptors (Lipinski definition) is 3. The average molecular weight is 442 g/mol. The van der Waals surface area contributed by atoms with Gasteiger partial charge >= 0.3 is 0 Å². The van der Waals surface area contributed by atoms with Crippen molar-refractivity contribution in [2.75, 3.05) is 33.7 Å². The van der Waals surface area contributed by atoms with Gasteiger partial charge in [-0.05, 0) is 74.1 Å². The molecule has 3 rings (SSSR count). The van der Waals surface area contributed by atoms with Gasteiger partial charge in [-0.15, -0.1) is 0 Å². The Morgan fingerprint density at radius 1 is 0.906 bits per heavy atom. The highest BCUT2D eigenvalue weighted by atomic mass is 19.1. The van der Waals surface area contributed by atoms with Gasteiger partial charge in [0.05, 0.1) is 0 Å². The van der Waals surface area contributed by atoms with Crippen molar-refractivity contribution in [3.05, 3.63) is 81.7 Å². The number of halogens is 3. The van der Waals surface area contributed by atoms with Crippen LogP contribution in [-0.4, -0.2) is 55.2 Å². The Hall–Kier alpha value is -3.19. The molecule has 0 aromatic heterocycles. The van der Waals surface area contributed by atoms with E-state index in [1.54, 1.807) is 19.1 Å². The predicted molar refractivity (Wildman–Crippen MR) is 118 cm³/mol. The first-order chi connectivity index (χ1) is 15.1. The van der Waals surface area contributed by atoms with E-state index < -0.39 is 17.5 Å². The lowest BCUT2D eigenvalue weighted by molar-refractivity contribution is -0.131. The van der Waals surface area contributed by atoms with E-state index in [1.165, 1.54) is 23.1 Å². The second-order valence-corrected chi connectivity index (χ2v) is 8.24. The molecule has 0 bridgehead atoms. The SMILES string of the molecule is Cc1cc(F)cc(/C=C2\CN(C(=O)CCN(C)C)C/C(=C\c3cc(F)cc(F)c3)C2=O)c1. The van der Waals surface area contributed by atoms with Crippen LogP contribution in [0.15, 0.2) is 47.5 Å². The summed E-state index contributed by atoms with van der Waals surface area (Å²) in [4.78, 5) is 29.3. The molecule has 0 radical (unpaired) electrons. The molecule has 1 saturated heterocycles. The first-order valence-corrected chi connectivity index (χ1v) is 10.2. The molecule has 0 saturated carbocycles. The quantitative estimate of drug-likeness (QED) is 0.651. The van der Waals surface area contributed by atoms with Crippen LogP contribution in [0.25, 0.3) is 12.2 Å². The number of ketones is 1. The minimum absolute atomic E-state index is 0.0305. The fourth-order valence-corrected chi connectivity index (χ4v) is 3.60. The van der Waals surface area contributed by atoms with E-state index in [-0.39, 0.29) is 42.3 Å². The molecule has 32 heavy (non-hydrogen) atoms. The third kappa shape index (κ3) is 6.17. The van der Waals surface area contributed by atoms with Gasteiger partial charge in [0.1, 0.15) is 17.5 Å². The molecule has 0 spiro atoms. The lowest BCUT2D eigenvalue weighted by Crippen LogP contribution is -2.42. The molecule has 1 aliphatic heterocycles. The number of rotatable bonds is 5. The average Bonchev–Trinajstić information content (AvgIpc) is 2.67. The van der Waals surface area contributed by atoms with Gasteiger partial charge < -0.3 is 9.80 Å². The van der Waals surface area contributed by atoms with Gasteiger partial charge in [0.15, 0.2) is 5.78 Å². The Morgan fingerprint density at radius 3 is 1.91 bits per heavy atom. The van der Waals surface area contributed by atoms with Crippen molar-refractivity contribution in [1.29, 1.82) is 0 Å². The number of nitrogens with zero attached hydrogens (tertiary/aromatic N) is 2. The lowest BCUT2D eigenvalue weighted by atomic mass is 9.93. The van der Waals surface area contributed by atoms with Crippen LogP contribution in [0.4, 0.5) is 13.2 Å². The summed E-state index contributed by atoms with van der Waals surface area (Å²) in [5.74, 6) is -2.43.